The van der Waals surface area contributed by atoms with Gasteiger partial charge in [0, 0.05) is 29.7 Å². The topological polar surface area (TPSA) is 57.7 Å². The van der Waals surface area contributed by atoms with Gasteiger partial charge in [0.1, 0.15) is 0 Å². The summed E-state index contributed by atoms with van der Waals surface area (Å²) in [4.78, 5) is 15.2. The highest BCUT2D eigenvalue weighted by molar-refractivity contribution is 9.10. The third kappa shape index (κ3) is 4.16. The van der Waals surface area contributed by atoms with Gasteiger partial charge < -0.3 is 4.90 Å². The molecule has 0 saturated carbocycles. The van der Waals surface area contributed by atoms with Gasteiger partial charge in [-0.05, 0) is 48.7 Å². The summed E-state index contributed by atoms with van der Waals surface area (Å²) in [5, 5.41) is 0. The van der Waals surface area contributed by atoms with Crippen molar-refractivity contribution in [3.8, 4) is 0 Å². The summed E-state index contributed by atoms with van der Waals surface area (Å²) >= 11 is 3.49. The van der Waals surface area contributed by atoms with Crippen LogP contribution < -0.4 is 0 Å². The van der Waals surface area contributed by atoms with Crippen molar-refractivity contribution in [1.29, 1.82) is 0 Å². The number of hydrogen-bond acceptors (Lipinski definition) is 3. The molecule has 5 nitrogen and oxygen atoms in total. The Bertz CT molecular complexity index is 958. The molecule has 7 heteroatoms. The van der Waals surface area contributed by atoms with Crippen LogP contribution in [0.1, 0.15) is 48.7 Å². The minimum Gasteiger partial charge on any atom is -0.332 e. The van der Waals surface area contributed by atoms with Crippen molar-refractivity contribution in [2.24, 2.45) is 0 Å². The monoisotopic (exact) mass is 464 g/mol. The number of carbonyl (C=O) groups is 1. The van der Waals surface area contributed by atoms with Crippen LogP contribution in [0.2, 0.25) is 0 Å². The van der Waals surface area contributed by atoms with E-state index in [9.17, 15) is 13.2 Å². The average Bonchev–Trinajstić information content (AvgIpc) is 3.18. The Morgan fingerprint density at radius 1 is 1.14 bits per heavy atom. The number of carbonyl (C=O) groups excluding carboxylic acids is 1. The van der Waals surface area contributed by atoms with Crippen LogP contribution >= 0.6 is 15.9 Å². The van der Waals surface area contributed by atoms with E-state index in [0.29, 0.717) is 25.2 Å². The minimum atomic E-state index is -3.60. The lowest BCUT2D eigenvalue weighted by Gasteiger charge is -2.26. The highest BCUT2D eigenvalue weighted by atomic mass is 79.9. The van der Waals surface area contributed by atoms with Crippen LogP contribution in [0.3, 0.4) is 0 Å². The third-order valence-corrected chi connectivity index (χ3v) is 7.71. The molecule has 1 atom stereocenters. The van der Waals surface area contributed by atoms with Crippen molar-refractivity contribution >= 4 is 31.9 Å². The van der Waals surface area contributed by atoms with Crippen molar-refractivity contribution in [2.75, 3.05) is 19.6 Å². The van der Waals surface area contributed by atoms with Crippen LogP contribution in [0.4, 0.5) is 0 Å². The summed E-state index contributed by atoms with van der Waals surface area (Å²) in [6.07, 6.45) is 1.83. The second-order valence-corrected chi connectivity index (χ2v) is 9.68. The zero-order valence-electron chi connectivity index (χ0n) is 16.1. The third-order valence-electron chi connectivity index (χ3n) is 5.17. The van der Waals surface area contributed by atoms with Gasteiger partial charge in [0.15, 0.2) is 0 Å². The Kier molecular flexibility index (Phi) is 6.58. The van der Waals surface area contributed by atoms with E-state index in [2.05, 4.69) is 15.9 Å². The van der Waals surface area contributed by atoms with Crippen molar-refractivity contribution in [3.63, 3.8) is 0 Å². The number of likely N-dealkylation sites (tertiary alicyclic amines) is 1. The van der Waals surface area contributed by atoms with Crippen LogP contribution in [-0.4, -0.2) is 43.2 Å². The maximum absolute atomic E-state index is 13.2. The number of rotatable bonds is 6. The Balaban J connectivity index is 1.90. The fourth-order valence-corrected chi connectivity index (χ4v) is 5.66. The van der Waals surface area contributed by atoms with Crippen molar-refractivity contribution in [3.05, 3.63) is 64.1 Å². The second-order valence-electron chi connectivity index (χ2n) is 6.83. The molecule has 0 bridgehead atoms. The number of hydrogen-bond donors (Lipinski definition) is 0. The number of sulfonamides is 1. The minimum absolute atomic E-state index is 0.00745. The smallest absolute Gasteiger partial charge is 0.254 e. The first kappa shape index (κ1) is 21.0. The molecule has 2 aromatic carbocycles. The lowest BCUT2D eigenvalue weighted by Crippen LogP contribution is -2.32. The highest BCUT2D eigenvalue weighted by Crippen LogP contribution is 2.34. The molecule has 3 rings (SSSR count). The lowest BCUT2D eigenvalue weighted by molar-refractivity contribution is 0.0735. The van der Waals surface area contributed by atoms with E-state index >= 15 is 0 Å². The summed E-state index contributed by atoms with van der Waals surface area (Å²) < 4.78 is 28.0. The summed E-state index contributed by atoms with van der Waals surface area (Å²) in [6.45, 7) is 5.08. The Morgan fingerprint density at radius 2 is 1.86 bits per heavy atom. The molecule has 0 aliphatic carbocycles. The van der Waals surface area contributed by atoms with Crippen LogP contribution in [-0.2, 0) is 10.0 Å². The Hall–Kier alpha value is -1.70. The van der Waals surface area contributed by atoms with Gasteiger partial charge in [-0.25, -0.2) is 8.42 Å². The molecule has 2 aromatic rings. The summed E-state index contributed by atoms with van der Waals surface area (Å²) in [5.74, 6) is -0.126. The van der Waals surface area contributed by atoms with E-state index in [1.165, 1.54) is 10.4 Å². The number of nitrogens with zero attached hydrogens (tertiary/aromatic N) is 2. The van der Waals surface area contributed by atoms with Crippen LogP contribution in [0.15, 0.2) is 57.9 Å². The van der Waals surface area contributed by atoms with Crippen LogP contribution in [0.25, 0.3) is 0 Å². The zero-order chi connectivity index (χ0) is 20.3. The molecule has 0 aromatic heterocycles. The summed E-state index contributed by atoms with van der Waals surface area (Å²) in [6, 6.07) is 14.4. The van der Waals surface area contributed by atoms with Crippen LogP contribution in [0.5, 0.6) is 0 Å². The SMILES string of the molecule is CCN(CC)S(=O)(=O)c1cccc(C(=O)N2CCCC2c2cccc(Br)c2)c1. The highest BCUT2D eigenvalue weighted by Gasteiger charge is 2.31. The van der Waals surface area contributed by atoms with Crippen LogP contribution in [0, 0.1) is 0 Å². The number of benzene rings is 2. The van der Waals surface area contributed by atoms with Crippen molar-refractivity contribution < 1.29 is 13.2 Å². The van der Waals surface area contributed by atoms with E-state index in [1.54, 1.807) is 18.2 Å². The fourth-order valence-electron chi connectivity index (χ4n) is 3.74. The lowest BCUT2D eigenvalue weighted by atomic mass is 10.0. The van der Waals surface area contributed by atoms with Gasteiger partial charge in [0.2, 0.25) is 10.0 Å². The molecule has 150 valence electrons. The van der Waals surface area contributed by atoms with Gasteiger partial charge >= 0.3 is 0 Å². The Labute approximate surface area is 175 Å². The largest absolute Gasteiger partial charge is 0.332 e. The quantitative estimate of drug-likeness (QED) is 0.633. The van der Waals surface area contributed by atoms with Gasteiger partial charge in [-0.2, -0.15) is 4.31 Å². The molecule has 1 unspecified atom stereocenters. The van der Waals surface area contributed by atoms with Crippen molar-refractivity contribution in [2.45, 2.75) is 37.6 Å². The molecule has 1 aliphatic rings. The van der Waals surface area contributed by atoms with E-state index in [4.69, 9.17) is 0 Å². The maximum Gasteiger partial charge on any atom is 0.254 e. The molecular weight excluding hydrogens is 440 g/mol. The molecule has 1 aliphatic heterocycles. The molecule has 1 amide bonds. The molecule has 1 saturated heterocycles. The van der Waals surface area contributed by atoms with Gasteiger partial charge in [0.05, 0.1) is 10.9 Å². The van der Waals surface area contributed by atoms with Gasteiger partial charge in [-0.1, -0.05) is 48.0 Å². The van der Waals surface area contributed by atoms with E-state index in [-0.39, 0.29) is 16.8 Å². The second kappa shape index (κ2) is 8.76. The van der Waals surface area contributed by atoms with E-state index in [0.717, 1.165) is 22.9 Å². The normalized spacial score (nSPS) is 17.3. The van der Waals surface area contributed by atoms with Crippen molar-refractivity contribution in [1.82, 2.24) is 9.21 Å². The first-order chi connectivity index (χ1) is 13.4. The van der Waals surface area contributed by atoms with E-state index < -0.39 is 10.0 Å². The molecule has 0 N–H and O–H groups in total. The molecular formula is C21H25BrN2O3S. The standard InChI is InChI=1S/C21H25BrN2O3S/c1-3-23(4-2)28(26,27)19-11-6-9-17(15-19)21(25)24-13-7-12-20(24)16-8-5-10-18(22)14-16/h5-6,8-11,14-15,20H,3-4,7,12-13H2,1-2H3. The average molecular weight is 465 g/mol. The van der Waals surface area contributed by atoms with Gasteiger partial charge in [-0.15, -0.1) is 0 Å². The first-order valence-electron chi connectivity index (χ1n) is 9.55. The maximum atomic E-state index is 13.2. The van der Waals surface area contributed by atoms with Gasteiger partial charge in [0.25, 0.3) is 5.91 Å². The van der Waals surface area contributed by atoms with Gasteiger partial charge in [-0.3, -0.25) is 4.79 Å². The number of amides is 1. The zero-order valence-corrected chi connectivity index (χ0v) is 18.5. The predicted octanol–water partition coefficient (Wildman–Crippen LogP) is 4.46. The van der Waals surface area contributed by atoms with E-state index in [1.807, 2.05) is 43.0 Å². The summed E-state index contributed by atoms with van der Waals surface area (Å²) in [5.41, 5.74) is 1.50. The molecule has 0 radical (unpaired) electrons. The first-order valence-corrected chi connectivity index (χ1v) is 11.8. The molecule has 1 heterocycles. The Morgan fingerprint density at radius 3 is 2.54 bits per heavy atom. The molecule has 28 heavy (non-hydrogen) atoms. The summed E-state index contributed by atoms with van der Waals surface area (Å²) in [7, 11) is -3.60. The number of halogens is 1. The molecule has 1 fully saturated rings. The molecule has 0 spiro atoms. The predicted molar refractivity (Wildman–Crippen MR) is 114 cm³/mol. The fraction of sp³-hybridized carbons (Fsp3) is 0.381.